The molecule has 4 nitrogen and oxygen atoms in total. The van der Waals surface area contributed by atoms with Crippen LogP contribution in [0.1, 0.15) is 222 Å². The second-order valence-corrected chi connectivity index (χ2v) is 26.6. The minimum absolute atomic E-state index is 0.588. The molecule has 10 heteroatoms. The number of unbranched alkanes of at least 4 members (excludes halogenated alkanes) is 16. The summed E-state index contributed by atoms with van der Waals surface area (Å²) in [5, 5.41) is 0. The maximum atomic E-state index is 5.85. The molecule has 0 rings (SSSR count). The molecule has 316 valence electrons. The first-order valence-corrected chi connectivity index (χ1v) is 29.6. The van der Waals surface area contributed by atoms with Crippen molar-refractivity contribution in [3.63, 3.8) is 0 Å². The summed E-state index contributed by atoms with van der Waals surface area (Å²) in [7, 11) is 0. The van der Waals surface area contributed by atoms with E-state index < -0.39 is 11.4 Å². The minimum atomic E-state index is -2.36. The summed E-state index contributed by atoms with van der Waals surface area (Å²) in [6, 6.07) is 0. The Kier molecular flexibility index (Phi) is 42.7. The van der Waals surface area contributed by atoms with Crippen molar-refractivity contribution >= 4 is 59.5 Å². The molecular formula is C42H90O4P2S4. The third-order valence-electron chi connectivity index (χ3n) is 9.89. The van der Waals surface area contributed by atoms with Crippen molar-refractivity contribution in [2.24, 2.45) is 23.7 Å². The molecule has 0 amide bonds. The topological polar surface area (TPSA) is 36.9 Å². The molecule has 0 aromatic carbocycles. The van der Waals surface area contributed by atoms with Gasteiger partial charge in [-0.15, -0.1) is 0 Å². The first-order chi connectivity index (χ1) is 24.8. The Bertz CT molecular complexity index is 776. The molecule has 2 unspecified atom stereocenters. The summed E-state index contributed by atoms with van der Waals surface area (Å²) in [4.78, 5) is 0. The van der Waals surface area contributed by atoms with Crippen LogP contribution in [0.2, 0.25) is 0 Å². The van der Waals surface area contributed by atoms with E-state index in [9.17, 15) is 0 Å². The molecule has 0 aliphatic rings. The lowest BCUT2D eigenvalue weighted by Gasteiger charge is -2.23. The molecule has 0 heterocycles. The summed E-state index contributed by atoms with van der Waals surface area (Å²) in [5.41, 5.74) is -4.69. The predicted octanol–water partition coefficient (Wildman–Crippen LogP) is 17.1. The molecule has 0 aliphatic heterocycles. The Labute approximate surface area is 348 Å². The molecule has 0 saturated carbocycles. The maximum absolute atomic E-state index is 5.85. The first kappa shape index (κ1) is 55.9. The minimum Gasteiger partial charge on any atom is -0.322 e. The highest BCUT2D eigenvalue weighted by molar-refractivity contribution is 8.60. The lowest BCUT2D eigenvalue weighted by Crippen LogP contribution is -2.10. The van der Waals surface area contributed by atoms with Gasteiger partial charge < -0.3 is 18.1 Å². The van der Waals surface area contributed by atoms with Gasteiger partial charge in [0.25, 0.3) is 0 Å². The molecule has 0 aromatic rings. The van der Waals surface area contributed by atoms with Gasteiger partial charge in [-0.3, -0.25) is 0 Å². The maximum Gasteiger partial charge on any atom is 0.244 e. The van der Waals surface area contributed by atoms with Crippen molar-refractivity contribution in [1.82, 2.24) is 0 Å². The van der Waals surface area contributed by atoms with Crippen LogP contribution in [0.25, 0.3) is 0 Å². The van der Waals surface area contributed by atoms with Gasteiger partial charge in [0.2, 0.25) is 11.4 Å². The SMILES string of the molecule is CC(C)CCCCCCCCCCOP(=S)(S)OCCCCCCCCCCC(C)C.CCCCC(CC)COP(=S)(S)OCC(CC)CCCC. The highest BCUT2D eigenvalue weighted by Crippen LogP contribution is 2.54. The summed E-state index contributed by atoms with van der Waals surface area (Å²) in [5.74, 6) is 2.89. The van der Waals surface area contributed by atoms with E-state index in [2.05, 4.69) is 79.9 Å². The Hall–Kier alpha value is 1.84. The second kappa shape index (κ2) is 39.7. The molecule has 0 fully saturated rings. The van der Waals surface area contributed by atoms with Crippen LogP contribution < -0.4 is 0 Å². The van der Waals surface area contributed by atoms with Crippen LogP contribution in [0, 0.1) is 23.7 Å². The Morgan fingerprint density at radius 2 is 0.692 bits per heavy atom. The van der Waals surface area contributed by atoms with Gasteiger partial charge in [-0.05, 0) is 73.0 Å². The number of hydrogen-bond acceptors (Lipinski definition) is 6. The van der Waals surface area contributed by atoms with Crippen molar-refractivity contribution < 1.29 is 18.1 Å². The molecule has 0 spiro atoms. The van der Waals surface area contributed by atoms with E-state index in [-0.39, 0.29) is 0 Å². The van der Waals surface area contributed by atoms with Crippen LogP contribution in [0.3, 0.4) is 0 Å². The zero-order valence-electron chi connectivity index (χ0n) is 35.8. The van der Waals surface area contributed by atoms with Crippen molar-refractivity contribution in [3.8, 4) is 0 Å². The van der Waals surface area contributed by atoms with Crippen LogP contribution in [-0.2, 0) is 41.7 Å². The van der Waals surface area contributed by atoms with E-state index in [1.165, 1.54) is 141 Å². The fourth-order valence-corrected chi connectivity index (χ4v) is 9.43. The highest BCUT2D eigenvalue weighted by Gasteiger charge is 2.19. The van der Waals surface area contributed by atoms with E-state index in [1.807, 2.05) is 0 Å². The normalized spacial score (nSPS) is 14.4. The van der Waals surface area contributed by atoms with Gasteiger partial charge in [-0.1, -0.05) is 221 Å². The smallest absolute Gasteiger partial charge is 0.244 e. The molecule has 0 radical (unpaired) electrons. The molecule has 0 bridgehead atoms. The summed E-state index contributed by atoms with van der Waals surface area (Å²) >= 11 is 19.8. The Balaban J connectivity index is 0. The first-order valence-electron chi connectivity index (χ1n) is 22.1. The summed E-state index contributed by atoms with van der Waals surface area (Å²) in [6.07, 6.45) is 33.5. The molecule has 0 aromatic heterocycles. The van der Waals surface area contributed by atoms with Crippen LogP contribution in [0.4, 0.5) is 0 Å². The summed E-state index contributed by atoms with van der Waals surface area (Å²) in [6.45, 7) is 20.9. The molecule has 52 heavy (non-hydrogen) atoms. The standard InChI is InChI=1S/C26H55O2PS2.C16H35O2PS2/c1-25(2)21-17-13-9-5-7-11-15-19-23-27-29(30,31)28-24-20-16-12-8-6-10-14-18-22-26(3)4;1-5-9-11-15(7-3)13-17-19(20,21)18-14-16(8-4)12-10-6-2/h25-26H,5-24H2,1-4H3,(H,30,31);15-16H,5-14H2,1-4H3,(H,20,21). The number of hydrogen-bond donors (Lipinski definition) is 2. The van der Waals surface area contributed by atoms with Crippen molar-refractivity contribution in [1.29, 1.82) is 0 Å². The van der Waals surface area contributed by atoms with Crippen LogP contribution >= 0.6 is 35.9 Å². The van der Waals surface area contributed by atoms with Crippen molar-refractivity contribution in [3.05, 3.63) is 0 Å². The molecule has 2 atom stereocenters. The van der Waals surface area contributed by atoms with Crippen LogP contribution in [0.5, 0.6) is 0 Å². The fourth-order valence-electron chi connectivity index (χ4n) is 6.06. The molecule has 0 aliphatic carbocycles. The van der Waals surface area contributed by atoms with Crippen LogP contribution in [0.15, 0.2) is 0 Å². The van der Waals surface area contributed by atoms with Gasteiger partial charge in [-0.2, -0.15) is 0 Å². The average molecular weight is 849 g/mol. The van der Waals surface area contributed by atoms with E-state index in [1.54, 1.807) is 0 Å². The van der Waals surface area contributed by atoms with Gasteiger partial charge in [0, 0.05) is 0 Å². The quantitative estimate of drug-likeness (QED) is 0.0366. The lowest BCUT2D eigenvalue weighted by atomic mass is 10.0. The van der Waals surface area contributed by atoms with Gasteiger partial charge in [0.05, 0.1) is 26.4 Å². The summed E-state index contributed by atoms with van der Waals surface area (Å²) < 4.78 is 23.3. The third-order valence-corrected chi connectivity index (χ3v) is 14.5. The molecule has 0 saturated heterocycles. The van der Waals surface area contributed by atoms with Crippen molar-refractivity contribution in [2.75, 3.05) is 26.4 Å². The molecular weight excluding hydrogens is 759 g/mol. The Morgan fingerprint density at radius 3 is 0.981 bits per heavy atom. The lowest BCUT2D eigenvalue weighted by molar-refractivity contribution is 0.189. The highest BCUT2D eigenvalue weighted by atomic mass is 32.9. The third kappa shape index (κ3) is 43.0. The predicted molar refractivity (Wildman–Crippen MR) is 250 cm³/mol. The Morgan fingerprint density at radius 1 is 0.404 bits per heavy atom. The van der Waals surface area contributed by atoms with Crippen LogP contribution in [-0.4, -0.2) is 26.4 Å². The van der Waals surface area contributed by atoms with Crippen molar-refractivity contribution in [2.45, 2.75) is 222 Å². The van der Waals surface area contributed by atoms with Gasteiger partial charge >= 0.3 is 0 Å². The van der Waals surface area contributed by atoms with E-state index >= 15 is 0 Å². The van der Waals surface area contributed by atoms with Gasteiger partial charge in [0.15, 0.2) is 0 Å². The zero-order chi connectivity index (χ0) is 39.4. The number of rotatable bonds is 38. The zero-order valence-corrected chi connectivity index (χ0v) is 41.0. The van der Waals surface area contributed by atoms with E-state index in [4.69, 9.17) is 41.7 Å². The number of thiol groups is 2. The van der Waals surface area contributed by atoms with E-state index in [0.717, 1.165) is 37.5 Å². The second-order valence-electron chi connectivity index (χ2n) is 16.0. The average Bonchev–Trinajstić information content (AvgIpc) is 3.09. The van der Waals surface area contributed by atoms with Gasteiger partial charge in [0.1, 0.15) is 0 Å². The van der Waals surface area contributed by atoms with E-state index in [0.29, 0.717) is 38.3 Å². The largest absolute Gasteiger partial charge is 0.322 e. The van der Waals surface area contributed by atoms with Gasteiger partial charge in [-0.25, -0.2) is 0 Å². The monoisotopic (exact) mass is 849 g/mol. The fraction of sp³-hybridized carbons (Fsp3) is 1.00. The molecule has 0 N–H and O–H groups in total.